The van der Waals surface area contributed by atoms with Crippen molar-refractivity contribution in [3.8, 4) is 0 Å². The average Bonchev–Trinajstić information content (AvgIpc) is 2.68. The van der Waals surface area contributed by atoms with Crippen molar-refractivity contribution in [3.63, 3.8) is 0 Å². The van der Waals surface area contributed by atoms with E-state index in [0.717, 1.165) is 24.8 Å². The van der Waals surface area contributed by atoms with Crippen molar-refractivity contribution in [2.45, 2.75) is 43.2 Å². The molecule has 1 amide bonds. The Morgan fingerprint density at radius 3 is 2.59 bits per heavy atom. The third-order valence-electron chi connectivity index (χ3n) is 4.84. The van der Waals surface area contributed by atoms with Crippen molar-refractivity contribution in [1.29, 1.82) is 0 Å². The molecule has 154 valence electrons. The topological polar surface area (TPSA) is 89.5 Å². The van der Waals surface area contributed by atoms with Gasteiger partial charge in [-0.15, -0.1) is 0 Å². The molecule has 2 aromatic carbocycles. The minimum Gasteiger partial charge on any atom is -0.452 e. The van der Waals surface area contributed by atoms with Crippen LogP contribution in [0.2, 0.25) is 5.02 Å². The summed E-state index contributed by atoms with van der Waals surface area (Å²) in [7, 11) is -3.88. The molecule has 2 aromatic rings. The molecule has 6 nitrogen and oxygen atoms in total. The van der Waals surface area contributed by atoms with E-state index in [1.165, 1.54) is 36.8 Å². The second-order valence-corrected chi connectivity index (χ2v) is 9.42. The monoisotopic (exact) mass is 435 g/mol. The molecule has 0 aromatic heterocycles. The highest BCUT2D eigenvalue weighted by atomic mass is 35.5. The molecule has 0 saturated heterocycles. The molecule has 0 aliphatic heterocycles. The van der Waals surface area contributed by atoms with Crippen LogP contribution in [-0.4, -0.2) is 32.2 Å². The first-order valence-electron chi connectivity index (χ1n) is 9.32. The standard InChI is InChI=1S/C21H22ClNO5S/c1-14(21(25)23-19-8-4-6-15-5-2-3-7-18(15)19)28-20(24)13-29(26,27)17-11-9-16(22)10-12-17/h2-3,5,7,9-12,14,19H,4,6,8,13H2,1H3,(H,23,25). The lowest BCUT2D eigenvalue weighted by atomic mass is 9.87. The molecule has 8 heteroatoms. The summed E-state index contributed by atoms with van der Waals surface area (Å²) in [5.74, 6) is -2.28. The molecule has 3 rings (SSSR count). The predicted octanol–water partition coefficient (Wildman–Crippen LogP) is 3.24. The van der Waals surface area contributed by atoms with E-state index in [9.17, 15) is 18.0 Å². The number of ether oxygens (including phenoxy) is 1. The highest BCUT2D eigenvalue weighted by Gasteiger charge is 2.27. The van der Waals surface area contributed by atoms with Crippen LogP contribution in [-0.2, 0) is 30.6 Å². The highest BCUT2D eigenvalue weighted by Crippen LogP contribution is 2.29. The van der Waals surface area contributed by atoms with Gasteiger partial charge in [0.2, 0.25) is 0 Å². The van der Waals surface area contributed by atoms with Crippen molar-refractivity contribution < 1.29 is 22.7 Å². The van der Waals surface area contributed by atoms with E-state index in [2.05, 4.69) is 5.32 Å². The average molecular weight is 436 g/mol. The molecule has 0 saturated carbocycles. The lowest BCUT2D eigenvalue weighted by molar-refractivity contribution is -0.152. The van der Waals surface area contributed by atoms with Gasteiger partial charge < -0.3 is 10.1 Å². The van der Waals surface area contributed by atoms with Crippen molar-refractivity contribution in [3.05, 3.63) is 64.7 Å². The summed E-state index contributed by atoms with van der Waals surface area (Å²) in [6, 6.07) is 13.3. The number of sulfone groups is 1. The zero-order valence-corrected chi connectivity index (χ0v) is 17.5. The number of hydrogen-bond donors (Lipinski definition) is 1. The second kappa shape index (κ2) is 8.97. The van der Waals surface area contributed by atoms with Crippen molar-refractivity contribution in [1.82, 2.24) is 5.32 Å². The predicted molar refractivity (Wildman–Crippen MR) is 109 cm³/mol. The van der Waals surface area contributed by atoms with Gasteiger partial charge in [-0.3, -0.25) is 9.59 Å². The number of esters is 1. The number of hydrogen-bond acceptors (Lipinski definition) is 5. The molecule has 0 bridgehead atoms. The molecule has 1 aliphatic rings. The fourth-order valence-corrected chi connectivity index (χ4v) is 4.58. The number of fused-ring (bicyclic) bond motifs is 1. The smallest absolute Gasteiger partial charge is 0.322 e. The minimum atomic E-state index is -3.88. The fraction of sp³-hybridized carbons (Fsp3) is 0.333. The Bertz CT molecular complexity index is 1000. The summed E-state index contributed by atoms with van der Waals surface area (Å²) >= 11 is 5.75. The third kappa shape index (κ3) is 5.36. The molecular formula is C21H22ClNO5S. The SMILES string of the molecule is CC(OC(=O)CS(=O)(=O)c1ccc(Cl)cc1)C(=O)NC1CCCc2ccccc21. The van der Waals surface area contributed by atoms with Crippen LogP contribution in [0.5, 0.6) is 0 Å². The Labute approximate surface area is 175 Å². The Balaban J connectivity index is 1.58. The van der Waals surface area contributed by atoms with Crippen molar-refractivity contribution in [2.24, 2.45) is 0 Å². The zero-order chi connectivity index (χ0) is 21.0. The number of amides is 1. The molecule has 0 spiro atoms. The largest absolute Gasteiger partial charge is 0.452 e. The molecule has 0 fully saturated rings. The Morgan fingerprint density at radius 1 is 1.17 bits per heavy atom. The van der Waals surface area contributed by atoms with Crippen LogP contribution in [0.3, 0.4) is 0 Å². The first kappa shape index (κ1) is 21.3. The quantitative estimate of drug-likeness (QED) is 0.703. The van der Waals surface area contributed by atoms with Gasteiger partial charge in [0.25, 0.3) is 5.91 Å². The van der Waals surface area contributed by atoms with Crippen LogP contribution in [0.1, 0.15) is 36.9 Å². The molecule has 1 aliphatic carbocycles. The van der Waals surface area contributed by atoms with Crippen LogP contribution in [0.4, 0.5) is 0 Å². The summed E-state index contributed by atoms with van der Waals surface area (Å²) in [6.45, 7) is 1.43. The highest BCUT2D eigenvalue weighted by molar-refractivity contribution is 7.92. The number of nitrogens with one attached hydrogen (secondary N) is 1. The van der Waals surface area contributed by atoms with E-state index in [0.29, 0.717) is 5.02 Å². The number of carbonyl (C=O) groups is 2. The number of carbonyl (C=O) groups excluding carboxylic acids is 2. The van der Waals surface area contributed by atoms with Gasteiger partial charge in [0, 0.05) is 5.02 Å². The lowest BCUT2D eigenvalue weighted by Crippen LogP contribution is -2.40. The van der Waals surface area contributed by atoms with Gasteiger partial charge in [0.15, 0.2) is 21.7 Å². The van der Waals surface area contributed by atoms with Gasteiger partial charge in [0.1, 0.15) is 0 Å². The molecule has 1 N–H and O–H groups in total. The Kier molecular flexibility index (Phi) is 6.59. The Morgan fingerprint density at radius 2 is 1.86 bits per heavy atom. The summed E-state index contributed by atoms with van der Waals surface area (Å²) < 4.78 is 29.7. The lowest BCUT2D eigenvalue weighted by Gasteiger charge is -2.27. The number of aryl methyl sites for hydroxylation is 1. The van der Waals surface area contributed by atoms with Gasteiger partial charge in [-0.05, 0) is 61.6 Å². The number of rotatable bonds is 6. The van der Waals surface area contributed by atoms with Crippen LogP contribution in [0, 0.1) is 0 Å². The van der Waals surface area contributed by atoms with Crippen LogP contribution < -0.4 is 5.32 Å². The van der Waals surface area contributed by atoms with Crippen LogP contribution in [0.25, 0.3) is 0 Å². The van der Waals surface area contributed by atoms with Crippen LogP contribution in [0.15, 0.2) is 53.4 Å². The first-order valence-corrected chi connectivity index (χ1v) is 11.4. The van der Waals surface area contributed by atoms with Gasteiger partial charge in [-0.1, -0.05) is 35.9 Å². The maximum absolute atomic E-state index is 12.5. The fourth-order valence-electron chi connectivity index (χ4n) is 3.36. The van der Waals surface area contributed by atoms with Gasteiger partial charge >= 0.3 is 5.97 Å². The maximum atomic E-state index is 12.5. The third-order valence-corrected chi connectivity index (χ3v) is 6.70. The van der Waals surface area contributed by atoms with E-state index >= 15 is 0 Å². The second-order valence-electron chi connectivity index (χ2n) is 7.00. The van der Waals surface area contributed by atoms with Crippen molar-refractivity contribution >= 4 is 33.3 Å². The molecule has 29 heavy (non-hydrogen) atoms. The maximum Gasteiger partial charge on any atom is 0.322 e. The van der Waals surface area contributed by atoms with E-state index in [1.54, 1.807) is 0 Å². The van der Waals surface area contributed by atoms with E-state index in [1.807, 2.05) is 24.3 Å². The van der Waals surface area contributed by atoms with Gasteiger partial charge in [0.05, 0.1) is 10.9 Å². The minimum absolute atomic E-state index is 0.0326. The molecule has 2 unspecified atom stereocenters. The summed E-state index contributed by atoms with van der Waals surface area (Å²) in [5, 5.41) is 3.29. The van der Waals surface area contributed by atoms with Gasteiger partial charge in [-0.25, -0.2) is 8.42 Å². The van der Waals surface area contributed by atoms with E-state index in [4.69, 9.17) is 16.3 Å². The van der Waals surface area contributed by atoms with Crippen molar-refractivity contribution in [2.75, 3.05) is 5.75 Å². The van der Waals surface area contributed by atoms with Crippen LogP contribution >= 0.6 is 11.6 Å². The summed E-state index contributed by atoms with van der Waals surface area (Å²) in [6.07, 6.45) is 1.62. The summed E-state index contributed by atoms with van der Waals surface area (Å²) in [4.78, 5) is 24.5. The number of benzene rings is 2. The Hall–Kier alpha value is -2.38. The zero-order valence-electron chi connectivity index (χ0n) is 15.9. The molecular weight excluding hydrogens is 414 g/mol. The van der Waals surface area contributed by atoms with E-state index < -0.39 is 33.6 Å². The van der Waals surface area contributed by atoms with Gasteiger partial charge in [-0.2, -0.15) is 0 Å². The number of halogens is 1. The summed E-state index contributed by atoms with van der Waals surface area (Å²) in [5.41, 5.74) is 2.26. The molecule has 0 radical (unpaired) electrons. The molecule has 2 atom stereocenters. The first-order chi connectivity index (χ1) is 13.8. The molecule has 0 heterocycles. The van der Waals surface area contributed by atoms with E-state index in [-0.39, 0.29) is 10.9 Å². The normalized spacial score (nSPS) is 17.1.